The standard InChI is InChI=1S/C19H24N4O/c1-2-15-5-3-4-6-18(15)22-19(24)21-16-7-9-17(10-8-16)23-13-11-20-12-14-23/h3-10,20H,2,11-14H2,1H3,(H2,21,22,24). The molecule has 0 spiro atoms. The summed E-state index contributed by atoms with van der Waals surface area (Å²) in [5.74, 6) is 0. The summed E-state index contributed by atoms with van der Waals surface area (Å²) in [6.45, 7) is 6.13. The zero-order valence-electron chi connectivity index (χ0n) is 14.0. The van der Waals surface area contributed by atoms with Gasteiger partial charge in [0.25, 0.3) is 0 Å². The molecule has 24 heavy (non-hydrogen) atoms. The highest BCUT2D eigenvalue weighted by Crippen LogP contribution is 2.19. The van der Waals surface area contributed by atoms with Crippen molar-refractivity contribution in [3.63, 3.8) is 0 Å². The summed E-state index contributed by atoms with van der Waals surface area (Å²) < 4.78 is 0. The van der Waals surface area contributed by atoms with Crippen LogP contribution in [-0.4, -0.2) is 32.2 Å². The molecule has 0 radical (unpaired) electrons. The third kappa shape index (κ3) is 4.06. The molecule has 2 aromatic carbocycles. The van der Waals surface area contributed by atoms with Gasteiger partial charge in [-0.2, -0.15) is 0 Å². The Labute approximate surface area is 143 Å². The number of nitrogens with one attached hydrogen (secondary N) is 3. The lowest BCUT2D eigenvalue weighted by Gasteiger charge is -2.29. The number of urea groups is 1. The smallest absolute Gasteiger partial charge is 0.323 e. The van der Waals surface area contributed by atoms with Crippen molar-refractivity contribution < 1.29 is 4.79 Å². The zero-order valence-corrected chi connectivity index (χ0v) is 14.0. The molecule has 0 bridgehead atoms. The van der Waals surface area contributed by atoms with Gasteiger partial charge in [-0.1, -0.05) is 25.1 Å². The van der Waals surface area contributed by atoms with Crippen molar-refractivity contribution >= 4 is 23.1 Å². The summed E-state index contributed by atoms with van der Waals surface area (Å²) in [5.41, 5.74) is 3.97. The van der Waals surface area contributed by atoms with Gasteiger partial charge < -0.3 is 20.9 Å². The fourth-order valence-corrected chi connectivity index (χ4v) is 2.91. The van der Waals surface area contributed by atoms with Crippen LogP contribution < -0.4 is 20.9 Å². The number of nitrogens with zero attached hydrogens (tertiary/aromatic N) is 1. The number of aryl methyl sites for hydroxylation is 1. The molecule has 1 saturated heterocycles. The van der Waals surface area contributed by atoms with Crippen LogP contribution in [0.2, 0.25) is 0 Å². The van der Waals surface area contributed by atoms with Gasteiger partial charge in [0.2, 0.25) is 0 Å². The highest BCUT2D eigenvalue weighted by Gasteiger charge is 2.10. The summed E-state index contributed by atoms with van der Waals surface area (Å²) in [7, 11) is 0. The summed E-state index contributed by atoms with van der Waals surface area (Å²) in [6, 6.07) is 15.6. The van der Waals surface area contributed by atoms with E-state index in [1.54, 1.807) is 0 Å². The molecule has 0 atom stereocenters. The molecule has 5 nitrogen and oxygen atoms in total. The Bertz CT molecular complexity index is 678. The number of benzene rings is 2. The lowest BCUT2D eigenvalue weighted by Crippen LogP contribution is -2.43. The van der Waals surface area contributed by atoms with Crippen molar-refractivity contribution in [2.45, 2.75) is 13.3 Å². The van der Waals surface area contributed by atoms with Crippen LogP contribution in [0.1, 0.15) is 12.5 Å². The van der Waals surface area contributed by atoms with Crippen LogP contribution >= 0.6 is 0 Å². The quantitative estimate of drug-likeness (QED) is 0.809. The molecule has 0 unspecified atom stereocenters. The highest BCUT2D eigenvalue weighted by molar-refractivity contribution is 6.00. The second-order valence-electron chi connectivity index (χ2n) is 5.87. The Morgan fingerprint density at radius 2 is 1.75 bits per heavy atom. The number of anilines is 3. The summed E-state index contributed by atoms with van der Waals surface area (Å²) in [6.07, 6.45) is 0.885. The third-order valence-electron chi connectivity index (χ3n) is 4.25. The summed E-state index contributed by atoms with van der Waals surface area (Å²) in [5, 5.41) is 9.16. The average Bonchev–Trinajstić information content (AvgIpc) is 2.63. The van der Waals surface area contributed by atoms with E-state index in [0.717, 1.165) is 49.5 Å². The lowest BCUT2D eigenvalue weighted by atomic mass is 10.1. The summed E-state index contributed by atoms with van der Waals surface area (Å²) >= 11 is 0. The topological polar surface area (TPSA) is 56.4 Å². The monoisotopic (exact) mass is 324 g/mol. The fraction of sp³-hybridized carbons (Fsp3) is 0.316. The van der Waals surface area contributed by atoms with Crippen molar-refractivity contribution in [3.05, 3.63) is 54.1 Å². The molecular formula is C19H24N4O. The molecule has 1 aliphatic heterocycles. The second kappa shape index (κ2) is 7.84. The van der Waals surface area contributed by atoms with Crippen LogP contribution in [0.4, 0.5) is 21.9 Å². The first-order valence-corrected chi connectivity index (χ1v) is 8.48. The molecule has 1 heterocycles. The van der Waals surface area contributed by atoms with Crippen molar-refractivity contribution in [2.24, 2.45) is 0 Å². The van der Waals surface area contributed by atoms with Gasteiger partial charge in [0.05, 0.1) is 0 Å². The summed E-state index contributed by atoms with van der Waals surface area (Å²) in [4.78, 5) is 14.5. The van der Waals surface area contributed by atoms with E-state index in [1.165, 1.54) is 5.69 Å². The van der Waals surface area contributed by atoms with Crippen LogP contribution in [-0.2, 0) is 6.42 Å². The van der Waals surface area contributed by atoms with Gasteiger partial charge >= 0.3 is 6.03 Å². The average molecular weight is 324 g/mol. The van der Waals surface area contributed by atoms with Crippen molar-refractivity contribution in [3.8, 4) is 0 Å². The molecule has 3 N–H and O–H groups in total. The minimum Gasteiger partial charge on any atom is -0.369 e. The highest BCUT2D eigenvalue weighted by atomic mass is 16.2. The van der Waals surface area contributed by atoms with Crippen molar-refractivity contribution in [2.75, 3.05) is 41.7 Å². The van der Waals surface area contributed by atoms with Gasteiger partial charge in [0.15, 0.2) is 0 Å². The number of hydrogen-bond donors (Lipinski definition) is 3. The van der Waals surface area contributed by atoms with E-state index >= 15 is 0 Å². The SMILES string of the molecule is CCc1ccccc1NC(=O)Nc1ccc(N2CCNCC2)cc1. The van der Waals surface area contributed by atoms with E-state index < -0.39 is 0 Å². The predicted molar refractivity (Wildman–Crippen MR) is 100.0 cm³/mol. The van der Waals surface area contributed by atoms with Gasteiger partial charge in [-0.3, -0.25) is 0 Å². The normalized spacial score (nSPS) is 14.3. The van der Waals surface area contributed by atoms with Gasteiger partial charge in [0.1, 0.15) is 0 Å². The molecule has 3 rings (SSSR count). The first kappa shape index (κ1) is 16.3. The van der Waals surface area contributed by atoms with E-state index in [4.69, 9.17) is 0 Å². The maximum absolute atomic E-state index is 12.2. The van der Waals surface area contributed by atoms with Crippen molar-refractivity contribution in [1.82, 2.24) is 5.32 Å². The van der Waals surface area contributed by atoms with Crippen LogP contribution in [0.25, 0.3) is 0 Å². The Kier molecular flexibility index (Phi) is 5.33. The third-order valence-corrected chi connectivity index (χ3v) is 4.25. The molecule has 0 aromatic heterocycles. The van der Waals surface area contributed by atoms with E-state index in [1.807, 2.05) is 36.4 Å². The maximum atomic E-state index is 12.2. The number of carbonyl (C=O) groups excluding carboxylic acids is 1. The number of carbonyl (C=O) groups is 1. The Balaban J connectivity index is 1.60. The Hall–Kier alpha value is -2.53. The first-order chi connectivity index (χ1) is 11.8. The van der Waals surface area contributed by atoms with E-state index in [9.17, 15) is 4.79 Å². The van der Waals surface area contributed by atoms with E-state index in [-0.39, 0.29) is 6.03 Å². The molecular weight excluding hydrogens is 300 g/mol. The van der Waals surface area contributed by atoms with Crippen LogP contribution in [0.15, 0.2) is 48.5 Å². The molecule has 126 valence electrons. The van der Waals surface area contributed by atoms with Crippen LogP contribution in [0.3, 0.4) is 0 Å². The van der Waals surface area contributed by atoms with Gasteiger partial charge in [-0.15, -0.1) is 0 Å². The number of para-hydroxylation sites is 1. The number of piperazine rings is 1. The van der Waals surface area contributed by atoms with Gasteiger partial charge in [-0.25, -0.2) is 4.79 Å². The van der Waals surface area contributed by atoms with Crippen molar-refractivity contribution in [1.29, 1.82) is 0 Å². The van der Waals surface area contributed by atoms with Gasteiger partial charge in [0, 0.05) is 43.2 Å². The lowest BCUT2D eigenvalue weighted by molar-refractivity contribution is 0.262. The molecule has 1 aliphatic rings. The number of hydrogen-bond acceptors (Lipinski definition) is 3. The molecule has 0 aliphatic carbocycles. The minimum atomic E-state index is -0.217. The Morgan fingerprint density at radius 1 is 1.04 bits per heavy atom. The molecule has 2 amide bonds. The number of rotatable bonds is 4. The number of amides is 2. The minimum absolute atomic E-state index is 0.217. The largest absolute Gasteiger partial charge is 0.369 e. The van der Waals surface area contributed by atoms with Crippen LogP contribution in [0, 0.1) is 0 Å². The molecule has 0 saturated carbocycles. The molecule has 5 heteroatoms. The molecule has 2 aromatic rings. The van der Waals surface area contributed by atoms with Gasteiger partial charge in [-0.05, 0) is 42.3 Å². The van der Waals surface area contributed by atoms with E-state index in [2.05, 4.69) is 39.9 Å². The zero-order chi connectivity index (χ0) is 16.8. The predicted octanol–water partition coefficient (Wildman–Crippen LogP) is 3.30. The fourth-order valence-electron chi connectivity index (χ4n) is 2.91. The van der Waals surface area contributed by atoms with Crippen LogP contribution in [0.5, 0.6) is 0 Å². The van der Waals surface area contributed by atoms with E-state index in [0.29, 0.717) is 0 Å². The molecule has 1 fully saturated rings. The Morgan fingerprint density at radius 3 is 2.46 bits per heavy atom. The maximum Gasteiger partial charge on any atom is 0.323 e. The first-order valence-electron chi connectivity index (χ1n) is 8.48. The second-order valence-corrected chi connectivity index (χ2v) is 5.87.